The van der Waals surface area contributed by atoms with Crippen LogP contribution < -0.4 is 0 Å². The van der Waals surface area contributed by atoms with E-state index in [2.05, 4.69) is 18.1 Å². The average Bonchev–Trinajstić information content (AvgIpc) is 2.75. The Kier molecular flexibility index (Phi) is 3.92. The van der Waals surface area contributed by atoms with Crippen LogP contribution in [0.15, 0.2) is 41.1 Å². The fourth-order valence-electron chi connectivity index (χ4n) is 1.20. The van der Waals surface area contributed by atoms with Crippen LogP contribution in [0.2, 0.25) is 0 Å². The van der Waals surface area contributed by atoms with Crippen LogP contribution in [-0.4, -0.2) is 5.16 Å². The van der Waals surface area contributed by atoms with E-state index in [-0.39, 0.29) is 0 Å². The van der Waals surface area contributed by atoms with E-state index in [1.807, 2.05) is 38.1 Å². The van der Waals surface area contributed by atoms with E-state index in [1.54, 1.807) is 6.20 Å². The van der Waals surface area contributed by atoms with Crippen molar-refractivity contribution in [2.24, 2.45) is 0 Å². The molecule has 0 radical (unpaired) electrons. The summed E-state index contributed by atoms with van der Waals surface area (Å²) in [5.41, 5.74) is 2.31. The van der Waals surface area contributed by atoms with Crippen molar-refractivity contribution in [1.29, 1.82) is 0 Å². The lowest BCUT2D eigenvalue weighted by molar-refractivity contribution is 0.432. The lowest BCUT2D eigenvalue weighted by Gasteiger charge is -1.98. The van der Waals surface area contributed by atoms with Gasteiger partial charge in [-0.05, 0) is 12.5 Å². The van der Waals surface area contributed by atoms with Crippen LogP contribution in [-0.2, 0) is 0 Å². The summed E-state index contributed by atoms with van der Waals surface area (Å²) in [5, 5.41) is 3.66. The minimum atomic E-state index is 0.827. The maximum absolute atomic E-state index is 5.05. The van der Waals surface area contributed by atoms with Gasteiger partial charge >= 0.3 is 0 Å². The predicted octanol–water partition coefficient (Wildman–Crippen LogP) is 3.68. The van der Waals surface area contributed by atoms with Crippen molar-refractivity contribution in [3.8, 4) is 11.3 Å². The fourth-order valence-corrected chi connectivity index (χ4v) is 1.20. The van der Waals surface area contributed by atoms with Crippen LogP contribution in [0.3, 0.4) is 0 Å². The summed E-state index contributed by atoms with van der Waals surface area (Å²) in [5.74, 6) is 0.827. The standard InChI is InChI=1S/C10H9NO.C2H6/c1-8-4-2-3-5-9(8)10-6-7-11-12-10;1-2/h2-7H,1H3;1-2H3. The van der Waals surface area contributed by atoms with Gasteiger partial charge in [0.1, 0.15) is 0 Å². The minimum Gasteiger partial charge on any atom is -0.356 e. The quantitative estimate of drug-likeness (QED) is 0.684. The average molecular weight is 189 g/mol. The first-order chi connectivity index (χ1) is 6.88. The molecular formula is C12H15NO. The Hall–Kier alpha value is -1.57. The fraction of sp³-hybridized carbons (Fsp3) is 0.250. The second-order valence-corrected chi connectivity index (χ2v) is 2.69. The molecule has 14 heavy (non-hydrogen) atoms. The van der Waals surface area contributed by atoms with E-state index in [0.29, 0.717) is 0 Å². The van der Waals surface area contributed by atoms with Crippen LogP contribution in [0.5, 0.6) is 0 Å². The highest BCUT2D eigenvalue weighted by Crippen LogP contribution is 2.21. The molecule has 2 nitrogen and oxygen atoms in total. The van der Waals surface area contributed by atoms with E-state index >= 15 is 0 Å². The van der Waals surface area contributed by atoms with Gasteiger partial charge in [0.05, 0.1) is 6.20 Å². The number of aromatic nitrogens is 1. The SMILES string of the molecule is CC.Cc1ccccc1-c1ccno1. The number of benzene rings is 1. The highest BCUT2D eigenvalue weighted by molar-refractivity contribution is 5.60. The zero-order valence-corrected chi connectivity index (χ0v) is 8.82. The summed E-state index contributed by atoms with van der Waals surface area (Å²) in [6.07, 6.45) is 1.65. The van der Waals surface area contributed by atoms with Crippen molar-refractivity contribution in [3.63, 3.8) is 0 Å². The number of hydrogen-bond acceptors (Lipinski definition) is 2. The molecule has 1 heterocycles. The molecule has 0 unspecified atom stereocenters. The van der Waals surface area contributed by atoms with Gasteiger partial charge in [-0.15, -0.1) is 0 Å². The topological polar surface area (TPSA) is 26.0 Å². The smallest absolute Gasteiger partial charge is 0.167 e. The van der Waals surface area contributed by atoms with Crippen LogP contribution >= 0.6 is 0 Å². The summed E-state index contributed by atoms with van der Waals surface area (Å²) in [7, 11) is 0. The van der Waals surface area contributed by atoms with Crippen molar-refractivity contribution in [2.75, 3.05) is 0 Å². The molecule has 0 saturated heterocycles. The summed E-state index contributed by atoms with van der Waals surface area (Å²) >= 11 is 0. The van der Waals surface area contributed by atoms with E-state index < -0.39 is 0 Å². The highest BCUT2D eigenvalue weighted by Gasteiger charge is 2.02. The Morgan fingerprint density at radius 2 is 1.79 bits per heavy atom. The van der Waals surface area contributed by atoms with Gasteiger partial charge in [0.2, 0.25) is 0 Å². The van der Waals surface area contributed by atoms with Gasteiger partial charge in [-0.25, -0.2) is 0 Å². The molecule has 0 aliphatic rings. The zero-order valence-electron chi connectivity index (χ0n) is 8.82. The third kappa shape index (κ3) is 2.22. The zero-order chi connectivity index (χ0) is 10.4. The van der Waals surface area contributed by atoms with E-state index in [4.69, 9.17) is 4.52 Å². The van der Waals surface area contributed by atoms with E-state index in [1.165, 1.54) is 5.56 Å². The Labute approximate surface area is 84.6 Å². The molecule has 1 aromatic carbocycles. The predicted molar refractivity (Wildman–Crippen MR) is 58.0 cm³/mol. The normalized spacial score (nSPS) is 9.07. The van der Waals surface area contributed by atoms with Gasteiger partial charge in [-0.1, -0.05) is 43.3 Å². The van der Waals surface area contributed by atoms with Gasteiger partial charge in [0, 0.05) is 11.6 Å². The summed E-state index contributed by atoms with van der Waals surface area (Å²) in [6.45, 7) is 6.05. The molecule has 0 spiro atoms. The highest BCUT2D eigenvalue weighted by atomic mass is 16.5. The Bertz CT molecular complexity index is 366. The maximum atomic E-state index is 5.05. The second kappa shape index (κ2) is 5.22. The van der Waals surface area contributed by atoms with Crippen molar-refractivity contribution in [3.05, 3.63) is 42.1 Å². The molecule has 1 aromatic heterocycles. The van der Waals surface area contributed by atoms with Crippen molar-refractivity contribution in [1.82, 2.24) is 5.16 Å². The summed E-state index contributed by atoms with van der Waals surface area (Å²) < 4.78 is 5.05. The molecule has 2 aromatic rings. The van der Waals surface area contributed by atoms with E-state index in [9.17, 15) is 0 Å². The number of nitrogens with zero attached hydrogens (tertiary/aromatic N) is 1. The maximum Gasteiger partial charge on any atom is 0.167 e. The van der Waals surface area contributed by atoms with Crippen molar-refractivity contribution >= 4 is 0 Å². The summed E-state index contributed by atoms with van der Waals surface area (Å²) in [6, 6.07) is 9.94. The Morgan fingerprint density at radius 1 is 1.07 bits per heavy atom. The first-order valence-corrected chi connectivity index (χ1v) is 4.84. The van der Waals surface area contributed by atoms with Gasteiger partial charge in [-0.3, -0.25) is 0 Å². The van der Waals surface area contributed by atoms with Crippen LogP contribution in [0.4, 0.5) is 0 Å². The van der Waals surface area contributed by atoms with E-state index in [0.717, 1.165) is 11.3 Å². The minimum absolute atomic E-state index is 0.827. The first kappa shape index (κ1) is 10.5. The molecule has 74 valence electrons. The number of rotatable bonds is 1. The Morgan fingerprint density at radius 3 is 2.36 bits per heavy atom. The molecule has 0 saturated carbocycles. The molecular weight excluding hydrogens is 174 g/mol. The Balaban J connectivity index is 0.000000461. The second-order valence-electron chi connectivity index (χ2n) is 2.69. The molecule has 2 heteroatoms. The lowest BCUT2D eigenvalue weighted by atomic mass is 10.1. The molecule has 0 fully saturated rings. The van der Waals surface area contributed by atoms with Gasteiger partial charge in [0.25, 0.3) is 0 Å². The molecule has 2 rings (SSSR count). The van der Waals surface area contributed by atoms with Crippen LogP contribution in [0, 0.1) is 6.92 Å². The molecule has 0 aliphatic carbocycles. The van der Waals surface area contributed by atoms with Gasteiger partial charge < -0.3 is 4.52 Å². The number of hydrogen-bond donors (Lipinski definition) is 0. The molecule has 0 atom stereocenters. The molecule has 0 amide bonds. The van der Waals surface area contributed by atoms with Gasteiger partial charge in [0.15, 0.2) is 5.76 Å². The van der Waals surface area contributed by atoms with Crippen molar-refractivity contribution < 1.29 is 4.52 Å². The molecule has 0 N–H and O–H groups in total. The first-order valence-electron chi connectivity index (χ1n) is 4.84. The molecule has 0 bridgehead atoms. The summed E-state index contributed by atoms with van der Waals surface area (Å²) in [4.78, 5) is 0. The monoisotopic (exact) mass is 189 g/mol. The number of aryl methyl sites for hydroxylation is 1. The van der Waals surface area contributed by atoms with Crippen LogP contribution in [0.1, 0.15) is 19.4 Å². The third-order valence-corrected chi connectivity index (χ3v) is 1.85. The molecule has 0 aliphatic heterocycles. The third-order valence-electron chi connectivity index (χ3n) is 1.85. The van der Waals surface area contributed by atoms with Crippen molar-refractivity contribution in [2.45, 2.75) is 20.8 Å². The van der Waals surface area contributed by atoms with Crippen LogP contribution in [0.25, 0.3) is 11.3 Å². The lowest BCUT2D eigenvalue weighted by Crippen LogP contribution is -1.78. The van der Waals surface area contributed by atoms with Gasteiger partial charge in [-0.2, -0.15) is 0 Å². The largest absolute Gasteiger partial charge is 0.356 e.